The molecule has 1 saturated carbocycles. The van der Waals surface area contributed by atoms with E-state index in [4.69, 9.17) is 23.7 Å². The number of carbonyl (C=O) groups is 2. The van der Waals surface area contributed by atoms with Crippen molar-refractivity contribution in [2.45, 2.75) is 74.6 Å². The van der Waals surface area contributed by atoms with Crippen molar-refractivity contribution in [3.05, 3.63) is 23.3 Å². The number of methoxy groups -OCH3 is 1. The first-order chi connectivity index (χ1) is 15.6. The molecular weight excluding hydrogens is 430 g/mol. The number of piperidine rings is 1. The van der Waals surface area contributed by atoms with Gasteiger partial charge in [0.15, 0.2) is 23.4 Å². The molecule has 3 heterocycles. The normalized spacial score (nSPS) is 35.3. The summed E-state index contributed by atoms with van der Waals surface area (Å²) in [6.07, 6.45) is -0.344. The molecule has 3 fully saturated rings. The number of aliphatic hydroxyl groups is 1. The topological polar surface area (TPSA) is 104 Å². The summed E-state index contributed by atoms with van der Waals surface area (Å²) in [6.45, 7) is 6.44. The van der Waals surface area contributed by atoms with Crippen LogP contribution in [0.1, 0.15) is 56.0 Å². The lowest BCUT2D eigenvalue weighted by Crippen LogP contribution is -2.81. The summed E-state index contributed by atoms with van der Waals surface area (Å²) in [4.78, 5) is 28.4. The number of nitrogens with zero attached hydrogens (tertiary/aromatic N) is 1. The van der Waals surface area contributed by atoms with E-state index in [-0.39, 0.29) is 18.7 Å². The highest BCUT2D eigenvalue weighted by atomic mass is 16.8. The van der Waals surface area contributed by atoms with E-state index >= 15 is 0 Å². The number of amides is 1. The minimum atomic E-state index is -1.56. The van der Waals surface area contributed by atoms with Crippen LogP contribution in [0.4, 0.5) is 4.79 Å². The van der Waals surface area contributed by atoms with Crippen molar-refractivity contribution >= 4 is 11.9 Å². The lowest BCUT2D eigenvalue weighted by Gasteiger charge is -2.63. The van der Waals surface area contributed by atoms with Crippen LogP contribution in [-0.4, -0.2) is 77.9 Å². The van der Waals surface area contributed by atoms with Crippen LogP contribution >= 0.6 is 0 Å². The van der Waals surface area contributed by atoms with Crippen LogP contribution in [0.3, 0.4) is 0 Å². The Morgan fingerprint density at radius 2 is 1.91 bits per heavy atom. The van der Waals surface area contributed by atoms with Crippen molar-refractivity contribution < 1.29 is 38.4 Å². The first-order valence-corrected chi connectivity index (χ1v) is 11.5. The van der Waals surface area contributed by atoms with Crippen molar-refractivity contribution in [3.8, 4) is 11.5 Å². The Hall–Kier alpha value is -2.36. The smallest absolute Gasteiger partial charge is 0.411 e. The quantitative estimate of drug-likeness (QED) is 0.682. The Kier molecular flexibility index (Phi) is 4.11. The van der Waals surface area contributed by atoms with Crippen LogP contribution in [-0.2, 0) is 19.6 Å². The van der Waals surface area contributed by atoms with Gasteiger partial charge in [-0.3, -0.25) is 9.69 Å². The summed E-state index contributed by atoms with van der Waals surface area (Å²) >= 11 is 0. The number of hydrogen-bond acceptors (Lipinski definition) is 8. The number of ketones is 1. The van der Waals surface area contributed by atoms with Crippen molar-refractivity contribution in [1.82, 2.24) is 4.90 Å². The molecule has 9 nitrogen and oxygen atoms in total. The molecule has 178 valence electrons. The van der Waals surface area contributed by atoms with Gasteiger partial charge >= 0.3 is 6.09 Å². The fraction of sp³-hybridized carbons (Fsp3) is 0.667. The SMILES string of the molecule is COc1ccc2c3c1O[C@H]1C4(CC[C@@]5(O)[C@H](C2=O)N(C(=O)OC(C)(C)C)CC[C@]315)OCCO4. The molecule has 0 unspecified atom stereocenters. The summed E-state index contributed by atoms with van der Waals surface area (Å²) in [5, 5.41) is 12.4. The molecule has 4 atom stereocenters. The van der Waals surface area contributed by atoms with Crippen LogP contribution in [0.2, 0.25) is 0 Å². The summed E-state index contributed by atoms with van der Waals surface area (Å²) < 4.78 is 29.9. The van der Waals surface area contributed by atoms with Crippen LogP contribution < -0.4 is 9.47 Å². The number of carbonyl (C=O) groups excluding carboxylic acids is 2. The monoisotopic (exact) mass is 459 g/mol. The van der Waals surface area contributed by atoms with Gasteiger partial charge in [-0.25, -0.2) is 4.79 Å². The summed E-state index contributed by atoms with van der Waals surface area (Å²) in [5.41, 5.74) is -2.18. The molecule has 33 heavy (non-hydrogen) atoms. The number of benzene rings is 1. The van der Waals surface area contributed by atoms with Gasteiger partial charge in [0, 0.05) is 24.1 Å². The maximum Gasteiger partial charge on any atom is 0.411 e. The highest BCUT2D eigenvalue weighted by Crippen LogP contribution is 2.68. The predicted octanol–water partition coefficient (Wildman–Crippen LogP) is 2.17. The molecule has 1 amide bonds. The summed E-state index contributed by atoms with van der Waals surface area (Å²) in [6, 6.07) is 2.31. The van der Waals surface area contributed by atoms with Crippen molar-refractivity contribution in [2.75, 3.05) is 26.9 Å². The maximum atomic E-state index is 13.9. The van der Waals surface area contributed by atoms with Gasteiger partial charge in [-0.15, -0.1) is 0 Å². The maximum absolute atomic E-state index is 13.9. The second kappa shape index (κ2) is 6.40. The third-order valence-electron chi connectivity index (χ3n) is 7.93. The van der Waals surface area contributed by atoms with Gasteiger partial charge in [-0.1, -0.05) is 0 Å². The predicted molar refractivity (Wildman–Crippen MR) is 114 cm³/mol. The van der Waals surface area contributed by atoms with Crippen LogP contribution in [0.15, 0.2) is 12.1 Å². The molecular formula is C24H29NO8. The molecule has 1 aromatic rings. The number of rotatable bonds is 1. The molecule has 5 aliphatic rings. The lowest BCUT2D eigenvalue weighted by molar-refractivity contribution is -0.290. The zero-order valence-electron chi connectivity index (χ0n) is 19.3. The molecule has 0 radical (unpaired) electrons. The van der Waals surface area contributed by atoms with E-state index in [2.05, 4.69) is 0 Å². The molecule has 2 spiro atoms. The number of Topliss-reactive ketones (excluding diaryl/α,β-unsaturated/α-hetero) is 1. The minimum Gasteiger partial charge on any atom is -0.493 e. The Morgan fingerprint density at radius 3 is 2.58 bits per heavy atom. The molecule has 2 saturated heterocycles. The average molecular weight is 459 g/mol. The van der Waals surface area contributed by atoms with E-state index in [1.54, 1.807) is 40.0 Å². The molecule has 1 aromatic carbocycles. The van der Waals surface area contributed by atoms with Crippen molar-refractivity contribution in [3.63, 3.8) is 0 Å². The van der Waals surface area contributed by atoms with E-state index < -0.39 is 40.6 Å². The minimum absolute atomic E-state index is 0.221. The van der Waals surface area contributed by atoms with Gasteiger partial charge in [-0.05, 0) is 45.7 Å². The van der Waals surface area contributed by atoms with Crippen LogP contribution in [0, 0.1) is 0 Å². The molecule has 1 N–H and O–H groups in total. The van der Waals surface area contributed by atoms with Gasteiger partial charge in [0.05, 0.1) is 25.7 Å². The van der Waals surface area contributed by atoms with Gasteiger partial charge in [0.1, 0.15) is 17.2 Å². The molecule has 2 bridgehead atoms. The van der Waals surface area contributed by atoms with Gasteiger partial charge in [-0.2, -0.15) is 0 Å². The van der Waals surface area contributed by atoms with Gasteiger partial charge in [0.2, 0.25) is 5.79 Å². The molecule has 0 aromatic heterocycles. The Morgan fingerprint density at radius 1 is 1.18 bits per heavy atom. The van der Waals surface area contributed by atoms with Gasteiger partial charge < -0.3 is 28.8 Å². The summed E-state index contributed by atoms with van der Waals surface area (Å²) in [5.74, 6) is -0.386. The average Bonchev–Trinajstić information content (AvgIpc) is 3.35. The number of ether oxygens (including phenoxy) is 5. The van der Waals surface area contributed by atoms with Crippen LogP contribution in [0.5, 0.6) is 11.5 Å². The Labute approximate surface area is 191 Å². The zero-order chi connectivity index (χ0) is 23.4. The first-order valence-electron chi connectivity index (χ1n) is 11.5. The third kappa shape index (κ3) is 2.42. The second-order valence-electron chi connectivity index (χ2n) is 10.6. The fourth-order valence-electron chi connectivity index (χ4n) is 6.79. The van der Waals surface area contributed by atoms with E-state index in [0.29, 0.717) is 48.7 Å². The third-order valence-corrected chi connectivity index (χ3v) is 7.93. The van der Waals surface area contributed by atoms with Crippen molar-refractivity contribution in [2.24, 2.45) is 0 Å². The van der Waals surface area contributed by atoms with Crippen molar-refractivity contribution in [1.29, 1.82) is 0 Å². The van der Waals surface area contributed by atoms with Crippen LogP contribution in [0.25, 0.3) is 0 Å². The molecule has 6 rings (SSSR count). The fourth-order valence-corrected chi connectivity index (χ4v) is 6.79. The zero-order valence-corrected chi connectivity index (χ0v) is 19.3. The van der Waals surface area contributed by atoms with E-state index in [0.717, 1.165) is 0 Å². The highest BCUT2D eigenvalue weighted by Gasteiger charge is 2.79. The highest BCUT2D eigenvalue weighted by molar-refractivity contribution is 6.07. The Bertz CT molecular complexity index is 1060. The van der Waals surface area contributed by atoms with E-state index in [9.17, 15) is 14.7 Å². The lowest BCUT2D eigenvalue weighted by atomic mass is 9.48. The molecule has 2 aliphatic carbocycles. The number of hydrogen-bond donors (Lipinski definition) is 1. The standard InChI is InChI=1S/C24H29NO8/c1-21(2,3)33-20(27)25-10-9-22-15-13-5-6-14(29-4)17(15)32-19(22)24(30-11-12-31-24)8-7-23(22,28)18(25)16(13)26/h5-6,18-19,28H,7-12H2,1-4H3/t18-,19+,22-,23+/m0/s1. The number of likely N-dealkylation sites (tertiary alicyclic amines) is 1. The number of fused-ring (bicyclic) bond motifs is 1. The summed E-state index contributed by atoms with van der Waals surface area (Å²) in [7, 11) is 1.55. The molecule has 3 aliphatic heterocycles. The molecule has 9 heteroatoms. The van der Waals surface area contributed by atoms with Gasteiger partial charge in [0.25, 0.3) is 0 Å². The Balaban J connectivity index is 1.57. The second-order valence-corrected chi connectivity index (χ2v) is 10.6. The largest absolute Gasteiger partial charge is 0.493 e. The van der Waals surface area contributed by atoms with E-state index in [1.807, 2.05) is 0 Å². The van der Waals surface area contributed by atoms with E-state index in [1.165, 1.54) is 4.90 Å². The first kappa shape index (κ1) is 21.2.